The van der Waals surface area contributed by atoms with Crippen molar-refractivity contribution in [1.82, 2.24) is 30.3 Å². The number of methoxy groups -OCH3 is 1. The fourth-order valence-electron chi connectivity index (χ4n) is 3.25. The topological polar surface area (TPSA) is 88.8 Å². The third kappa shape index (κ3) is 7.62. The number of halogens is 1. The van der Waals surface area contributed by atoms with Crippen LogP contribution in [0.3, 0.4) is 0 Å². The molecule has 2 heterocycles. The van der Waals surface area contributed by atoms with Crippen molar-refractivity contribution in [1.29, 1.82) is 0 Å². The van der Waals surface area contributed by atoms with Gasteiger partial charge in [0.2, 0.25) is 0 Å². The van der Waals surface area contributed by atoms with Crippen molar-refractivity contribution in [3.63, 3.8) is 0 Å². The van der Waals surface area contributed by atoms with E-state index in [1.807, 2.05) is 24.6 Å². The van der Waals surface area contributed by atoms with Crippen LogP contribution in [-0.2, 0) is 24.9 Å². The molecule has 1 saturated heterocycles. The number of aliphatic imine (C=N–C) groups is 1. The molecular weight excluding hydrogens is 509 g/mol. The molecule has 0 amide bonds. The van der Waals surface area contributed by atoms with Gasteiger partial charge in [-0.2, -0.15) is 0 Å². The number of morpholine rings is 1. The number of nitrogens with zero attached hydrogens (tertiary/aromatic N) is 5. The van der Waals surface area contributed by atoms with Crippen molar-refractivity contribution in [2.24, 2.45) is 12.0 Å². The van der Waals surface area contributed by atoms with Crippen molar-refractivity contribution in [2.45, 2.75) is 26.9 Å². The van der Waals surface area contributed by atoms with Crippen molar-refractivity contribution < 1.29 is 9.47 Å². The molecule has 1 aliphatic heterocycles. The Morgan fingerprint density at radius 2 is 1.97 bits per heavy atom. The van der Waals surface area contributed by atoms with Crippen LogP contribution < -0.4 is 15.4 Å². The molecule has 1 fully saturated rings. The highest BCUT2D eigenvalue weighted by atomic mass is 127. The number of hydrogen-bond donors (Lipinski definition) is 2. The van der Waals surface area contributed by atoms with E-state index in [9.17, 15) is 0 Å². The van der Waals surface area contributed by atoms with E-state index in [1.165, 1.54) is 5.56 Å². The molecule has 31 heavy (non-hydrogen) atoms. The minimum Gasteiger partial charge on any atom is -0.496 e. The van der Waals surface area contributed by atoms with Gasteiger partial charge in [-0.25, -0.2) is 4.99 Å². The average molecular weight is 543 g/mol. The number of ether oxygens (including phenoxy) is 2. The number of hydrogen-bond acceptors (Lipinski definition) is 6. The normalized spacial score (nSPS) is 14.8. The van der Waals surface area contributed by atoms with Gasteiger partial charge in [0.25, 0.3) is 0 Å². The first-order valence-electron chi connectivity index (χ1n) is 10.4. The number of aromatic nitrogens is 3. The molecular formula is C21H34IN7O2. The van der Waals surface area contributed by atoms with Gasteiger partial charge in [0.15, 0.2) is 11.8 Å². The van der Waals surface area contributed by atoms with Crippen LogP contribution in [-0.4, -0.2) is 72.1 Å². The molecule has 0 unspecified atom stereocenters. The lowest BCUT2D eigenvalue weighted by Crippen LogP contribution is -2.44. The lowest BCUT2D eigenvalue weighted by molar-refractivity contribution is 0.0389. The summed E-state index contributed by atoms with van der Waals surface area (Å²) in [5.74, 6) is 3.35. The summed E-state index contributed by atoms with van der Waals surface area (Å²) in [6.07, 6.45) is 0. The largest absolute Gasteiger partial charge is 0.496 e. The number of rotatable bonds is 8. The zero-order valence-electron chi connectivity index (χ0n) is 18.8. The molecule has 10 heteroatoms. The van der Waals surface area contributed by atoms with Gasteiger partial charge in [-0.15, -0.1) is 34.2 Å². The minimum absolute atomic E-state index is 0. The van der Waals surface area contributed by atoms with Crippen LogP contribution in [0.4, 0.5) is 0 Å². The molecule has 0 bridgehead atoms. The van der Waals surface area contributed by atoms with E-state index in [1.54, 1.807) is 7.11 Å². The highest BCUT2D eigenvalue weighted by Gasteiger charge is 2.11. The SMILES string of the molecule is COc1cc(C)ccc1CN=C(NCCN1CCOCC1)NCc1nnc(C)n1C.I. The van der Waals surface area contributed by atoms with Crippen LogP contribution >= 0.6 is 24.0 Å². The van der Waals surface area contributed by atoms with Gasteiger partial charge in [0.1, 0.15) is 11.6 Å². The molecule has 0 atom stereocenters. The minimum atomic E-state index is 0. The molecule has 0 aliphatic carbocycles. The third-order valence-electron chi connectivity index (χ3n) is 5.27. The van der Waals surface area contributed by atoms with E-state index in [-0.39, 0.29) is 24.0 Å². The Kier molecular flexibility index (Phi) is 10.5. The molecule has 0 saturated carbocycles. The summed E-state index contributed by atoms with van der Waals surface area (Å²) >= 11 is 0. The molecule has 0 radical (unpaired) electrons. The Hall–Kier alpha value is -1.92. The Balaban J connectivity index is 0.00000341. The van der Waals surface area contributed by atoms with Crippen molar-refractivity contribution >= 4 is 29.9 Å². The highest BCUT2D eigenvalue weighted by Crippen LogP contribution is 2.20. The van der Waals surface area contributed by atoms with E-state index in [2.05, 4.69) is 44.8 Å². The Bertz CT molecular complexity index is 850. The van der Waals surface area contributed by atoms with E-state index in [0.717, 1.165) is 68.3 Å². The Labute approximate surface area is 201 Å². The number of guanidine groups is 1. The summed E-state index contributed by atoms with van der Waals surface area (Å²) in [5.41, 5.74) is 2.21. The summed E-state index contributed by atoms with van der Waals surface area (Å²) in [7, 11) is 3.66. The van der Waals surface area contributed by atoms with Crippen molar-refractivity contribution in [3.05, 3.63) is 41.0 Å². The van der Waals surface area contributed by atoms with Crippen LogP contribution in [0.15, 0.2) is 23.2 Å². The molecule has 1 aliphatic rings. The molecule has 9 nitrogen and oxygen atoms in total. The van der Waals surface area contributed by atoms with E-state index < -0.39 is 0 Å². The van der Waals surface area contributed by atoms with Crippen molar-refractivity contribution in [3.8, 4) is 5.75 Å². The maximum Gasteiger partial charge on any atom is 0.192 e. The average Bonchev–Trinajstić information content (AvgIpc) is 3.08. The zero-order valence-corrected chi connectivity index (χ0v) is 21.2. The summed E-state index contributed by atoms with van der Waals surface area (Å²) < 4.78 is 12.9. The quantitative estimate of drug-likeness (QED) is 0.297. The fraction of sp³-hybridized carbons (Fsp3) is 0.571. The van der Waals surface area contributed by atoms with Crippen LogP contribution in [0.1, 0.15) is 22.8 Å². The second kappa shape index (κ2) is 12.8. The summed E-state index contributed by atoms with van der Waals surface area (Å²) in [5, 5.41) is 15.2. The van der Waals surface area contributed by atoms with E-state index in [0.29, 0.717) is 13.1 Å². The van der Waals surface area contributed by atoms with Gasteiger partial charge in [0.05, 0.1) is 33.4 Å². The molecule has 0 spiro atoms. The maximum absolute atomic E-state index is 5.52. The van der Waals surface area contributed by atoms with Gasteiger partial charge >= 0.3 is 0 Å². The summed E-state index contributed by atoms with van der Waals surface area (Å²) in [6.45, 7) is 10.4. The second-order valence-corrected chi connectivity index (χ2v) is 7.44. The standard InChI is InChI=1S/C21H33N7O2.HI/c1-16-5-6-18(19(13-16)29-4)14-23-21(22-7-8-28-9-11-30-12-10-28)24-15-20-26-25-17(2)27(20)3;/h5-6,13H,7-12,14-15H2,1-4H3,(H2,22,23,24);1H. The van der Waals surface area contributed by atoms with E-state index >= 15 is 0 Å². The number of aryl methyl sites for hydroxylation is 2. The molecule has 3 rings (SSSR count). The smallest absolute Gasteiger partial charge is 0.192 e. The highest BCUT2D eigenvalue weighted by molar-refractivity contribution is 14.0. The first kappa shape index (κ1) is 25.3. The summed E-state index contributed by atoms with van der Waals surface area (Å²) in [6, 6.07) is 6.18. The number of nitrogens with one attached hydrogen (secondary N) is 2. The maximum atomic E-state index is 5.52. The lowest BCUT2D eigenvalue weighted by Gasteiger charge is -2.26. The molecule has 172 valence electrons. The lowest BCUT2D eigenvalue weighted by atomic mass is 10.1. The Morgan fingerprint density at radius 3 is 2.65 bits per heavy atom. The van der Waals surface area contributed by atoms with Crippen molar-refractivity contribution in [2.75, 3.05) is 46.5 Å². The van der Waals surface area contributed by atoms with Crippen LogP contribution in [0.2, 0.25) is 0 Å². The second-order valence-electron chi connectivity index (χ2n) is 7.44. The first-order valence-corrected chi connectivity index (χ1v) is 10.4. The molecule has 2 N–H and O–H groups in total. The van der Waals surface area contributed by atoms with Gasteiger partial charge in [-0.05, 0) is 25.5 Å². The van der Waals surface area contributed by atoms with Gasteiger partial charge in [-0.1, -0.05) is 12.1 Å². The van der Waals surface area contributed by atoms with Gasteiger partial charge in [0, 0.05) is 38.8 Å². The fourth-order valence-corrected chi connectivity index (χ4v) is 3.25. The van der Waals surface area contributed by atoms with Crippen LogP contribution in [0, 0.1) is 13.8 Å². The number of benzene rings is 1. The van der Waals surface area contributed by atoms with Gasteiger partial charge < -0.3 is 24.7 Å². The first-order chi connectivity index (χ1) is 14.6. The third-order valence-corrected chi connectivity index (χ3v) is 5.27. The van der Waals surface area contributed by atoms with Gasteiger partial charge in [-0.3, -0.25) is 4.90 Å². The summed E-state index contributed by atoms with van der Waals surface area (Å²) in [4.78, 5) is 7.17. The molecule has 1 aromatic carbocycles. The predicted octanol–water partition coefficient (Wildman–Crippen LogP) is 1.63. The predicted molar refractivity (Wildman–Crippen MR) is 132 cm³/mol. The zero-order chi connectivity index (χ0) is 21.3. The van der Waals surface area contributed by atoms with E-state index in [4.69, 9.17) is 14.5 Å². The monoisotopic (exact) mass is 543 g/mol. The molecule has 1 aromatic heterocycles. The molecule has 2 aromatic rings. The van der Waals surface area contributed by atoms with Crippen LogP contribution in [0.5, 0.6) is 5.75 Å². The Morgan fingerprint density at radius 1 is 1.19 bits per heavy atom. The van der Waals surface area contributed by atoms with Crippen LogP contribution in [0.25, 0.3) is 0 Å².